The Labute approximate surface area is 116 Å². The van der Waals surface area contributed by atoms with Gasteiger partial charge in [0.15, 0.2) is 11.5 Å². The van der Waals surface area contributed by atoms with Crippen molar-refractivity contribution in [2.24, 2.45) is 5.41 Å². The van der Waals surface area contributed by atoms with Gasteiger partial charge in [-0.15, -0.1) is 0 Å². The predicted octanol–water partition coefficient (Wildman–Crippen LogP) is 3.41. The molecule has 0 bridgehead atoms. The molecule has 0 saturated carbocycles. The largest absolute Gasteiger partial charge is 0.504 e. The molecule has 106 valence electrons. The molecule has 2 rings (SSSR count). The molecule has 1 aromatic rings. The number of rotatable bonds is 4. The van der Waals surface area contributed by atoms with Crippen LogP contribution in [0.2, 0.25) is 0 Å². The quantitative estimate of drug-likeness (QED) is 0.903. The summed E-state index contributed by atoms with van der Waals surface area (Å²) in [4.78, 5) is 2.49. The van der Waals surface area contributed by atoms with Gasteiger partial charge in [0, 0.05) is 6.54 Å². The highest BCUT2D eigenvalue weighted by molar-refractivity contribution is 5.41. The first-order valence-corrected chi connectivity index (χ1v) is 7.14. The van der Waals surface area contributed by atoms with Crippen molar-refractivity contribution < 1.29 is 9.84 Å². The molecule has 3 heteroatoms. The highest BCUT2D eigenvalue weighted by Gasteiger charge is 2.28. The summed E-state index contributed by atoms with van der Waals surface area (Å²) in [7, 11) is 1.59. The molecule has 0 spiro atoms. The van der Waals surface area contributed by atoms with Crippen LogP contribution in [0, 0.1) is 5.41 Å². The first-order chi connectivity index (χ1) is 9.06. The Morgan fingerprint density at radius 3 is 2.58 bits per heavy atom. The standard InChI is InChI=1S/C16H25NO2/c1-4-16(2)7-9-17(10-8-16)12-13-5-6-14(18)15(11-13)19-3/h5-6,11,18H,4,7-10,12H2,1-3H3. The molecule has 1 fully saturated rings. The fourth-order valence-corrected chi connectivity index (χ4v) is 2.68. The zero-order valence-corrected chi connectivity index (χ0v) is 12.3. The van der Waals surface area contributed by atoms with E-state index >= 15 is 0 Å². The smallest absolute Gasteiger partial charge is 0.160 e. The van der Waals surface area contributed by atoms with Crippen molar-refractivity contribution in [1.82, 2.24) is 4.90 Å². The second-order valence-corrected chi connectivity index (χ2v) is 5.95. The third-order valence-electron chi connectivity index (χ3n) is 4.57. The SMILES string of the molecule is CCC1(C)CCN(Cc2ccc(O)c(OC)c2)CC1. The Balaban J connectivity index is 1.96. The van der Waals surface area contributed by atoms with Crippen LogP contribution in [-0.4, -0.2) is 30.2 Å². The highest BCUT2D eigenvalue weighted by atomic mass is 16.5. The maximum Gasteiger partial charge on any atom is 0.160 e. The highest BCUT2D eigenvalue weighted by Crippen LogP contribution is 2.34. The van der Waals surface area contributed by atoms with Crippen LogP contribution in [0.4, 0.5) is 0 Å². The van der Waals surface area contributed by atoms with E-state index in [2.05, 4.69) is 18.7 Å². The number of nitrogens with zero attached hydrogens (tertiary/aromatic N) is 1. The summed E-state index contributed by atoms with van der Waals surface area (Å²) in [6.45, 7) is 7.95. The number of hydrogen-bond acceptors (Lipinski definition) is 3. The third-order valence-corrected chi connectivity index (χ3v) is 4.57. The topological polar surface area (TPSA) is 32.7 Å². The lowest BCUT2D eigenvalue weighted by molar-refractivity contribution is 0.109. The number of ether oxygens (including phenoxy) is 1. The van der Waals surface area contributed by atoms with E-state index in [1.54, 1.807) is 13.2 Å². The lowest BCUT2D eigenvalue weighted by Crippen LogP contribution is -2.37. The van der Waals surface area contributed by atoms with Gasteiger partial charge in [-0.05, 0) is 49.0 Å². The van der Waals surface area contributed by atoms with Crippen LogP contribution in [0.15, 0.2) is 18.2 Å². The minimum absolute atomic E-state index is 0.212. The third kappa shape index (κ3) is 3.41. The van der Waals surface area contributed by atoms with Gasteiger partial charge in [-0.25, -0.2) is 0 Å². The van der Waals surface area contributed by atoms with E-state index in [1.165, 1.54) is 24.8 Å². The summed E-state index contributed by atoms with van der Waals surface area (Å²) in [6.07, 6.45) is 3.82. The first-order valence-electron chi connectivity index (χ1n) is 7.14. The molecule has 0 unspecified atom stereocenters. The molecular formula is C16H25NO2. The second-order valence-electron chi connectivity index (χ2n) is 5.95. The van der Waals surface area contributed by atoms with E-state index in [0.29, 0.717) is 11.2 Å². The minimum Gasteiger partial charge on any atom is -0.504 e. The Bertz CT molecular complexity index is 423. The maximum absolute atomic E-state index is 9.60. The average Bonchev–Trinajstić information content (AvgIpc) is 2.43. The van der Waals surface area contributed by atoms with Gasteiger partial charge >= 0.3 is 0 Å². The summed E-state index contributed by atoms with van der Waals surface area (Å²) in [5, 5.41) is 9.60. The zero-order chi connectivity index (χ0) is 13.9. The molecule has 0 amide bonds. The van der Waals surface area contributed by atoms with E-state index < -0.39 is 0 Å². The van der Waals surface area contributed by atoms with E-state index in [4.69, 9.17) is 4.74 Å². The number of phenols is 1. The number of aromatic hydroxyl groups is 1. The number of methoxy groups -OCH3 is 1. The lowest BCUT2D eigenvalue weighted by Gasteiger charge is -2.39. The number of phenolic OH excluding ortho intramolecular Hbond substituents is 1. The second kappa shape index (κ2) is 5.83. The molecule has 1 heterocycles. The molecule has 1 N–H and O–H groups in total. The Hall–Kier alpha value is -1.22. The average molecular weight is 263 g/mol. The lowest BCUT2D eigenvalue weighted by atomic mass is 9.78. The van der Waals surface area contributed by atoms with E-state index in [0.717, 1.165) is 19.6 Å². The van der Waals surface area contributed by atoms with Gasteiger partial charge in [-0.3, -0.25) is 4.90 Å². The van der Waals surface area contributed by atoms with Crippen LogP contribution < -0.4 is 4.74 Å². The van der Waals surface area contributed by atoms with Gasteiger partial charge in [0.25, 0.3) is 0 Å². The van der Waals surface area contributed by atoms with Gasteiger partial charge in [0.2, 0.25) is 0 Å². The number of hydrogen-bond donors (Lipinski definition) is 1. The predicted molar refractivity (Wildman–Crippen MR) is 77.6 cm³/mol. The van der Waals surface area contributed by atoms with Gasteiger partial charge in [0.1, 0.15) is 0 Å². The van der Waals surface area contributed by atoms with Crippen LogP contribution in [-0.2, 0) is 6.54 Å². The molecule has 1 aliphatic heterocycles. The van der Waals surface area contributed by atoms with Gasteiger partial charge in [-0.2, -0.15) is 0 Å². The van der Waals surface area contributed by atoms with Crippen LogP contribution in [0.1, 0.15) is 38.7 Å². The van der Waals surface area contributed by atoms with Crippen molar-refractivity contribution in [3.05, 3.63) is 23.8 Å². The van der Waals surface area contributed by atoms with Crippen molar-refractivity contribution in [3.8, 4) is 11.5 Å². The van der Waals surface area contributed by atoms with Crippen molar-refractivity contribution in [2.75, 3.05) is 20.2 Å². The van der Waals surface area contributed by atoms with Crippen molar-refractivity contribution in [3.63, 3.8) is 0 Å². The molecule has 0 radical (unpaired) electrons. The van der Waals surface area contributed by atoms with Gasteiger partial charge in [-0.1, -0.05) is 26.3 Å². The van der Waals surface area contributed by atoms with Crippen LogP contribution in [0.3, 0.4) is 0 Å². The van der Waals surface area contributed by atoms with Crippen molar-refractivity contribution >= 4 is 0 Å². The number of benzene rings is 1. The molecule has 0 aromatic heterocycles. The van der Waals surface area contributed by atoms with Crippen LogP contribution >= 0.6 is 0 Å². The Morgan fingerprint density at radius 1 is 1.32 bits per heavy atom. The molecule has 0 aliphatic carbocycles. The van der Waals surface area contributed by atoms with E-state index in [1.807, 2.05) is 12.1 Å². The van der Waals surface area contributed by atoms with E-state index in [-0.39, 0.29) is 5.75 Å². The Kier molecular flexibility index (Phi) is 4.35. The summed E-state index contributed by atoms with van der Waals surface area (Å²) in [5.41, 5.74) is 1.73. The van der Waals surface area contributed by atoms with Crippen LogP contribution in [0.25, 0.3) is 0 Å². The molecule has 0 atom stereocenters. The molecular weight excluding hydrogens is 238 g/mol. The molecule has 1 saturated heterocycles. The number of likely N-dealkylation sites (tertiary alicyclic amines) is 1. The van der Waals surface area contributed by atoms with Crippen molar-refractivity contribution in [2.45, 2.75) is 39.7 Å². The molecule has 1 aromatic carbocycles. The summed E-state index contributed by atoms with van der Waals surface area (Å²) >= 11 is 0. The van der Waals surface area contributed by atoms with E-state index in [9.17, 15) is 5.11 Å². The Morgan fingerprint density at radius 2 is 2.00 bits per heavy atom. The number of piperidine rings is 1. The summed E-state index contributed by atoms with van der Waals surface area (Å²) < 4.78 is 5.16. The first kappa shape index (κ1) is 14.2. The molecule has 19 heavy (non-hydrogen) atoms. The van der Waals surface area contributed by atoms with Gasteiger partial charge < -0.3 is 9.84 Å². The monoisotopic (exact) mass is 263 g/mol. The zero-order valence-electron chi connectivity index (χ0n) is 12.3. The molecule has 3 nitrogen and oxygen atoms in total. The van der Waals surface area contributed by atoms with Crippen LogP contribution in [0.5, 0.6) is 11.5 Å². The summed E-state index contributed by atoms with van der Waals surface area (Å²) in [6, 6.07) is 5.63. The fourth-order valence-electron chi connectivity index (χ4n) is 2.68. The minimum atomic E-state index is 0.212. The molecule has 1 aliphatic rings. The summed E-state index contributed by atoms with van der Waals surface area (Å²) in [5.74, 6) is 0.774. The van der Waals surface area contributed by atoms with Crippen molar-refractivity contribution in [1.29, 1.82) is 0 Å². The normalized spacial score (nSPS) is 19.3. The maximum atomic E-state index is 9.60. The van der Waals surface area contributed by atoms with Gasteiger partial charge in [0.05, 0.1) is 7.11 Å². The fraction of sp³-hybridized carbons (Fsp3) is 0.625.